The van der Waals surface area contributed by atoms with E-state index in [-0.39, 0.29) is 6.54 Å². The smallest absolute Gasteiger partial charge is 0.413 e. The summed E-state index contributed by atoms with van der Waals surface area (Å²) >= 11 is 0. The number of sulfonamides is 1. The van der Waals surface area contributed by atoms with Crippen LogP contribution in [0.3, 0.4) is 0 Å². The summed E-state index contributed by atoms with van der Waals surface area (Å²) < 4.78 is 31.6. The summed E-state index contributed by atoms with van der Waals surface area (Å²) in [5, 5.41) is 2.09. The number of hydrogen-bond donors (Lipinski definition) is 1. The fourth-order valence-corrected chi connectivity index (χ4v) is 4.87. The van der Waals surface area contributed by atoms with Gasteiger partial charge in [0.05, 0.1) is 18.6 Å². The molecule has 9 heteroatoms. The Kier molecular flexibility index (Phi) is 5.59. The number of aryl methyl sites for hydroxylation is 2. The lowest BCUT2D eigenvalue weighted by Crippen LogP contribution is -2.51. The van der Waals surface area contributed by atoms with E-state index in [0.29, 0.717) is 31.1 Å². The normalized spacial score (nSPS) is 18.3. The molecular weight excluding hydrogens is 358 g/mol. The van der Waals surface area contributed by atoms with Crippen molar-refractivity contribution in [2.75, 3.05) is 39.8 Å². The van der Waals surface area contributed by atoms with Crippen molar-refractivity contribution in [3.05, 3.63) is 29.3 Å². The molecule has 0 radical (unpaired) electrons. The number of ether oxygens (including phenoxy) is 1. The number of nitrogens with zero attached hydrogens (tertiary/aromatic N) is 2. The Labute approximate surface area is 153 Å². The van der Waals surface area contributed by atoms with E-state index >= 15 is 0 Å². The molecule has 2 aliphatic rings. The molecule has 26 heavy (non-hydrogen) atoms. The molecule has 1 aromatic rings. The van der Waals surface area contributed by atoms with Crippen LogP contribution in [0.2, 0.25) is 0 Å². The third-order valence-electron chi connectivity index (χ3n) is 4.83. The summed E-state index contributed by atoms with van der Waals surface area (Å²) in [4.78, 5) is 24.9. The van der Waals surface area contributed by atoms with Crippen molar-refractivity contribution in [1.29, 1.82) is 0 Å². The first kappa shape index (κ1) is 18.8. The van der Waals surface area contributed by atoms with Crippen molar-refractivity contribution in [3.63, 3.8) is 0 Å². The van der Waals surface area contributed by atoms with Crippen LogP contribution in [-0.4, -0.2) is 69.5 Å². The highest BCUT2D eigenvalue weighted by Crippen LogP contribution is 2.26. The zero-order chi connectivity index (χ0) is 18.7. The van der Waals surface area contributed by atoms with Crippen molar-refractivity contribution < 1.29 is 22.7 Å². The van der Waals surface area contributed by atoms with Gasteiger partial charge in [-0.2, -0.15) is 4.31 Å². The lowest BCUT2D eigenvalue weighted by molar-refractivity contribution is -0.121. The van der Waals surface area contributed by atoms with Gasteiger partial charge < -0.3 is 4.74 Å². The Bertz CT molecular complexity index is 801. The van der Waals surface area contributed by atoms with Gasteiger partial charge in [-0.15, -0.1) is 0 Å². The Morgan fingerprint density at radius 2 is 1.81 bits per heavy atom. The highest BCUT2D eigenvalue weighted by molar-refractivity contribution is 7.89. The molecule has 1 aliphatic carbocycles. The van der Waals surface area contributed by atoms with Gasteiger partial charge in [-0.05, 0) is 42.5 Å². The number of hydrogen-bond acceptors (Lipinski definition) is 6. The van der Waals surface area contributed by atoms with Crippen LogP contribution in [0.25, 0.3) is 0 Å². The van der Waals surface area contributed by atoms with Crippen molar-refractivity contribution >= 4 is 22.0 Å². The van der Waals surface area contributed by atoms with E-state index in [0.717, 1.165) is 24.8 Å². The molecule has 0 unspecified atom stereocenters. The zero-order valence-corrected chi connectivity index (χ0v) is 15.5. The van der Waals surface area contributed by atoms with Crippen molar-refractivity contribution in [3.8, 4) is 0 Å². The van der Waals surface area contributed by atoms with Gasteiger partial charge in [-0.25, -0.2) is 13.2 Å². The fraction of sp³-hybridized carbons (Fsp3) is 0.529. The van der Waals surface area contributed by atoms with Gasteiger partial charge in [0.25, 0.3) is 0 Å². The summed E-state index contributed by atoms with van der Waals surface area (Å²) in [6.07, 6.45) is 2.22. The van der Waals surface area contributed by atoms with Crippen LogP contribution in [0.4, 0.5) is 4.79 Å². The molecule has 0 bridgehead atoms. The van der Waals surface area contributed by atoms with E-state index in [4.69, 9.17) is 0 Å². The number of alkyl carbamates (subject to hydrolysis) is 1. The van der Waals surface area contributed by atoms with Crippen molar-refractivity contribution in [2.45, 2.75) is 24.2 Å². The predicted octanol–water partition coefficient (Wildman–Crippen LogP) is 0.364. The van der Waals surface area contributed by atoms with Gasteiger partial charge in [-0.3, -0.25) is 15.0 Å². The van der Waals surface area contributed by atoms with Crippen LogP contribution in [0, 0.1) is 0 Å². The first-order chi connectivity index (χ1) is 12.4. The molecule has 1 aliphatic heterocycles. The minimum Gasteiger partial charge on any atom is -0.453 e. The highest BCUT2D eigenvalue weighted by Gasteiger charge is 2.30. The monoisotopic (exact) mass is 381 g/mol. The second-order valence-corrected chi connectivity index (χ2v) is 8.44. The molecule has 1 N–H and O–H groups in total. The minimum atomic E-state index is -3.53. The molecule has 142 valence electrons. The Hall–Kier alpha value is -1.97. The van der Waals surface area contributed by atoms with Crippen molar-refractivity contribution in [2.24, 2.45) is 0 Å². The first-order valence-corrected chi connectivity index (χ1v) is 10.1. The summed E-state index contributed by atoms with van der Waals surface area (Å²) in [6, 6.07) is 5.41. The molecule has 3 rings (SSSR count). The Balaban J connectivity index is 1.59. The average Bonchev–Trinajstić information content (AvgIpc) is 3.09. The van der Waals surface area contributed by atoms with Crippen LogP contribution in [-0.2, 0) is 32.4 Å². The van der Waals surface area contributed by atoms with Crippen LogP contribution in [0.15, 0.2) is 23.1 Å². The van der Waals surface area contributed by atoms with Crippen LogP contribution in [0.5, 0.6) is 0 Å². The van der Waals surface area contributed by atoms with E-state index in [1.165, 1.54) is 17.0 Å². The number of rotatable bonds is 4. The van der Waals surface area contributed by atoms with Crippen LogP contribution < -0.4 is 5.32 Å². The molecule has 0 atom stereocenters. The molecular formula is C17H23N3O5S. The molecule has 0 spiro atoms. The maximum Gasteiger partial charge on any atom is 0.413 e. The van der Waals surface area contributed by atoms with Crippen LogP contribution >= 0.6 is 0 Å². The standard InChI is InChI=1S/C17H23N3O5S/c1-25-17(22)18-16(21)12-19-7-9-20(10-8-19)26(23,24)15-6-5-13-3-2-4-14(13)11-15/h5-6,11H,2-4,7-10,12H2,1H3,(H,18,21,22). The number of imide groups is 1. The third-order valence-corrected chi connectivity index (χ3v) is 6.73. The third kappa shape index (κ3) is 4.05. The summed E-state index contributed by atoms with van der Waals surface area (Å²) in [7, 11) is -2.34. The number of benzene rings is 1. The SMILES string of the molecule is COC(=O)NC(=O)CN1CCN(S(=O)(=O)c2ccc3c(c2)CCC3)CC1. The number of piperazine rings is 1. The lowest BCUT2D eigenvalue weighted by Gasteiger charge is -2.33. The van der Waals surface area contributed by atoms with E-state index in [2.05, 4.69) is 10.1 Å². The van der Waals surface area contributed by atoms with Gasteiger partial charge in [-0.1, -0.05) is 6.07 Å². The van der Waals surface area contributed by atoms with E-state index in [1.807, 2.05) is 11.0 Å². The largest absolute Gasteiger partial charge is 0.453 e. The number of methoxy groups -OCH3 is 1. The molecule has 0 aromatic heterocycles. The van der Waals surface area contributed by atoms with Gasteiger partial charge in [0.15, 0.2) is 0 Å². The maximum atomic E-state index is 12.9. The minimum absolute atomic E-state index is 0.0296. The maximum absolute atomic E-state index is 12.9. The van der Waals surface area contributed by atoms with E-state index in [1.54, 1.807) is 12.1 Å². The Morgan fingerprint density at radius 1 is 1.12 bits per heavy atom. The summed E-state index contributed by atoms with van der Waals surface area (Å²) in [6.45, 7) is 1.51. The van der Waals surface area contributed by atoms with Crippen molar-refractivity contribution in [1.82, 2.24) is 14.5 Å². The zero-order valence-electron chi connectivity index (χ0n) is 14.7. The van der Waals surface area contributed by atoms with Gasteiger partial charge in [0.1, 0.15) is 0 Å². The predicted molar refractivity (Wildman–Crippen MR) is 94.2 cm³/mol. The second-order valence-electron chi connectivity index (χ2n) is 6.50. The first-order valence-electron chi connectivity index (χ1n) is 8.62. The highest BCUT2D eigenvalue weighted by atomic mass is 32.2. The van der Waals surface area contributed by atoms with E-state index < -0.39 is 22.0 Å². The average molecular weight is 381 g/mol. The lowest BCUT2D eigenvalue weighted by atomic mass is 10.1. The quantitative estimate of drug-likeness (QED) is 0.809. The van der Waals surface area contributed by atoms with Gasteiger partial charge in [0, 0.05) is 26.2 Å². The molecule has 8 nitrogen and oxygen atoms in total. The molecule has 1 saturated heterocycles. The second kappa shape index (κ2) is 7.73. The molecule has 1 heterocycles. The fourth-order valence-electron chi connectivity index (χ4n) is 3.39. The Morgan fingerprint density at radius 3 is 2.50 bits per heavy atom. The number of carbonyl (C=O) groups is 2. The van der Waals surface area contributed by atoms with Crippen LogP contribution in [0.1, 0.15) is 17.5 Å². The van der Waals surface area contributed by atoms with E-state index in [9.17, 15) is 18.0 Å². The summed E-state index contributed by atoms with van der Waals surface area (Å²) in [5.41, 5.74) is 2.37. The van der Waals surface area contributed by atoms with Gasteiger partial charge in [0.2, 0.25) is 15.9 Å². The number of nitrogens with one attached hydrogen (secondary N) is 1. The topological polar surface area (TPSA) is 96.0 Å². The summed E-state index contributed by atoms with van der Waals surface area (Å²) in [5.74, 6) is -0.466. The number of carbonyl (C=O) groups excluding carboxylic acids is 2. The molecule has 0 saturated carbocycles. The molecule has 2 amide bonds. The molecule has 1 fully saturated rings. The number of amides is 2. The molecule has 1 aromatic carbocycles. The number of fused-ring (bicyclic) bond motifs is 1. The van der Waals surface area contributed by atoms with Gasteiger partial charge >= 0.3 is 6.09 Å².